The van der Waals surface area contributed by atoms with Crippen LogP contribution < -0.4 is 5.73 Å². The van der Waals surface area contributed by atoms with Gasteiger partial charge in [0.25, 0.3) is 0 Å². The fourth-order valence-corrected chi connectivity index (χ4v) is 2.40. The van der Waals surface area contributed by atoms with Crippen molar-refractivity contribution in [1.29, 1.82) is 0 Å². The zero-order valence-corrected chi connectivity index (χ0v) is 11.6. The van der Waals surface area contributed by atoms with Gasteiger partial charge in [-0.2, -0.15) is 13.2 Å². The van der Waals surface area contributed by atoms with Gasteiger partial charge in [0.1, 0.15) is 0 Å². The Labute approximate surface area is 121 Å². The van der Waals surface area contributed by atoms with Crippen LogP contribution in [0.15, 0.2) is 24.3 Å². The van der Waals surface area contributed by atoms with Gasteiger partial charge in [-0.15, -0.1) is 0 Å². The van der Waals surface area contributed by atoms with Gasteiger partial charge in [-0.1, -0.05) is 12.1 Å². The number of benzene rings is 1. The maximum absolute atomic E-state index is 12.3. The first-order valence-corrected chi connectivity index (χ1v) is 6.75. The summed E-state index contributed by atoms with van der Waals surface area (Å²) < 4.78 is 36.9. The van der Waals surface area contributed by atoms with Crippen LogP contribution >= 0.6 is 0 Å². The summed E-state index contributed by atoms with van der Waals surface area (Å²) in [6.45, 7) is 0.253. The van der Waals surface area contributed by atoms with Crippen molar-refractivity contribution in [2.24, 2.45) is 0 Å². The Balaban J connectivity index is 1.83. The maximum atomic E-state index is 12.3. The Morgan fingerprint density at radius 1 is 1.19 bits per heavy atom. The molecule has 1 amide bonds. The highest BCUT2D eigenvalue weighted by Crippen LogP contribution is 2.18. The molecule has 0 radical (unpaired) electrons. The number of halogens is 3. The van der Waals surface area contributed by atoms with Gasteiger partial charge in [-0.25, -0.2) is 0 Å². The van der Waals surface area contributed by atoms with Crippen LogP contribution in [0.4, 0.5) is 18.9 Å². The van der Waals surface area contributed by atoms with Gasteiger partial charge in [0.15, 0.2) is 0 Å². The summed E-state index contributed by atoms with van der Waals surface area (Å²) in [5.74, 6) is -0.0766. The fraction of sp³-hybridized carbons (Fsp3) is 0.500. The number of rotatable bonds is 3. The number of carbonyl (C=O) groups is 1. The highest BCUT2D eigenvalue weighted by atomic mass is 19.4. The summed E-state index contributed by atoms with van der Waals surface area (Å²) in [5, 5.41) is 0. The SMILES string of the molecule is Nc1cccc(CC(=O)N2CCN(CC(F)(F)F)CC2)c1. The lowest BCUT2D eigenvalue weighted by Gasteiger charge is -2.35. The molecule has 116 valence electrons. The molecule has 2 N–H and O–H groups in total. The zero-order valence-electron chi connectivity index (χ0n) is 11.6. The number of alkyl halides is 3. The minimum Gasteiger partial charge on any atom is -0.399 e. The number of hydrogen-bond acceptors (Lipinski definition) is 3. The van der Waals surface area contributed by atoms with Crippen LogP contribution in [0.25, 0.3) is 0 Å². The van der Waals surface area contributed by atoms with Gasteiger partial charge < -0.3 is 10.6 Å². The van der Waals surface area contributed by atoms with Crippen LogP contribution in [-0.2, 0) is 11.2 Å². The van der Waals surface area contributed by atoms with Crippen molar-refractivity contribution in [2.75, 3.05) is 38.5 Å². The molecular formula is C14H18F3N3O. The first kappa shape index (κ1) is 15.6. The molecule has 7 heteroatoms. The number of nitrogens with zero attached hydrogens (tertiary/aromatic N) is 2. The molecule has 1 aliphatic heterocycles. The van der Waals surface area contributed by atoms with Crippen molar-refractivity contribution < 1.29 is 18.0 Å². The number of piperazine rings is 1. The summed E-state index contributed by atoms with van der Waals surface area (Å²) in [6, 6.07) is 7.06. The van der Waals surface area contributed by atoms with Crippen molar-refractivity contribution in [3.8, 4) is 0 Å². The maximum Gasteiger partial charge on any atom is 0.401 e. The lowest BCUT2D eigenvalue weighted by molar-refractivity contribution is -0.151. The quantitative estimate of drug-likeness (QED) is 0.861. The lowest BCUT2D eigenvalue weighted by atomic mass is 10.1. The standard InChI is InChI=1S/C14H18F3N3O/c15-14(16,17)10-19-4-6-20(7-5-19)13(21)9-11-2-1-3-12(18)8-11/h1-3,8H,4-7,9-10,18H2. The first-order valence-electron chi connectivity index (χ1n) is 6.75. The van der Waals surface area contributed by atoms with Crippen molar-refractivity contribution in [2.45, 2.75) is 12.6 Å². The third-order valence-corrected chi connectivity index (χ3v) is 3.43. The Morgan fingerprint density at radius 3 is 2.43 bits per heavy atom. The van der Waals surface area contributed by atoms with Gasteiger partial charge >= 0.3 is 6.18 Å². The van der Waals surface area contributed by atoms with Crippen molar-refractivity contribution >= 4 is 11.6 Å². The van der Waals surface area contributed by atoms with Crippen molar-refractivity contribution in [1.82, 2.24) is 9.80 Å². The predicted octanol–water partition coefficient (Wildman–Crippen LogP) is 1.52. The van der Waals surface area contributed by atoms with Gasteiger partial charge in [0, 0.05) is 31.9 Å². The van der Waals surface area contributed by atoms with E-state index in [4.69, 9.17) is 5.73 Å². The second kappa shape index (κ2) is 6.34. The molecule has 1 aromatic carbocycles. The van der Waals surface area contributed by atoms with E-state index < -0.39 is 12.7 Å². The van der Waals surface area contributed by atoms with E-state index in [2.05, 4.69) is 0 Å². The third kappa shape index (κ3) is 4.93. The molecule has 4 nitrogen and oxygen atoms in total. The normalized spacial score (nSPS) is 17.0. The Bertz CT molecular complexity index is 496. The molecule has 1 saturated heterocycles. The largest absolute Gasteiger partial charge is 0.401 e. The predicted molar refractivity (Wildman–Crippen MR) is 73.6 cm³/mol. The van der Waals surface area contributed by atoms with Crippen LogP contribution in [0.5, 0.6) is 0 Å². The number of carbonyl (C=O) groups excluding carboxylic acids is 1. The summed E-state index contributed by atoms with van der Waals surface area (Å²) >= 11 is 0. The number of anilines is 1. The lowest BCUT2D eigenvalue weighted by Crippen LogP contribution is -2.51. The molecule has 21 heavy (non-hydrogen) atoms. The van der Waals surface area contributed by atoms with E-state index in [1.54, 1.807) is 23.1 Å². The van der Waals surface area contributed by atoms with Gasteiger partial charge in [0.2, 0.25) is 5.91 Å². The second-order valence-corrected chi connectivity index (χ2v) is 5.19. The minimum atomic E-state index is -4.19. The van der Waals surface area contributed by atoms with E-state index in [1.165, 1.54) is 4.90 Å². The van der Waals surface area contributed by atoms with Crippen LogP contribution in [0.3, 0.4) is 0 Å². The van der Waals surface area contributed by atoms with E-state index in [1.807, 2.05) is 6.07 Å². The average molecular weight is 301 g/mol. The number of nitrogens with two attached hydrogens (primary N) is 1. The molecule has 0 unspecified atom stereocenters. The summed E-state index contributed by atoms with van der Waals surface area (Å²) in [6.07, 6.45) is -3.96. The Hall–Kier alpha value is -1.76. The molecule has 0 saturated carbocycles. The molecule has 1 aliphatic rings. The van der Waals surface area contributed by atoms with Crippen molar-refractivity contribution in [3.63, 3.8) is 0 Å². The molecule has 1 fully saturated rings. The third-order valence-electron chi connectivity index (χ3n) is 3.43. The number of hydrogen-bond donors (Lipinski definition) is 1. The molecule has 0 spiro atoms. The van der Waals surface area contributed by atoms with Crippen LogP contribution in [0, 0.1) is 0 Å². The van der Waals surface area contributed by atoms with E-state index in [-0.39, 0.29) is 25.4 Å². The molecule has 0 atom stereocenters. The van der Waals surface area contributed by atoms with Gasteiger partial charge in [-0.3, -0.25) is 9.69 Å². The van der Waals surface area contributed by atoms with E-state index in [0.29, 0.717) is 18.8 Å². The average Bonchev–Trinajstić information content (AvgIpc) is 2.37. The second-order valence-electron chi connectivity index (χ2n) is 5.19. The highest BCUT2D eigenvalue weighted by molar-refractivity contribution is 5.79. The summed E-state index contributed by atoms with van der Waals surface area (Å²) in [5.41, 5.74) is 7.06. The van der Waals surface area contributed by atoms with E-state index in [9.17, 15) is 18.0 Å². The zero-order chi connectivity index (χ0) is 15.5. The smallest absolute Gasteiger partial charge is 0.399 e. The van der Waals surface area contributed by atoms with E-state index >= 15 is 0 Å². The summed E-state index contributed by atoms with van der Waals surface area (Å²) in [4.78, 5) is 15.0. The van der Waals surface area contributed by atoms with Gasteiger partial charge in [-0.05, 0) is 17.7 Å². The minimum absolute atomic E-state index is 0.0766. The highest BCUT2D eigenvalue weighted by Gasteiger charge is 2.32. The van der Waals surface area contributed by atoms with Crippen LogP contribution in [-0.4, -0.2) is 54.6 Å². The molecule has 2 rings (SSSR count). The molecule has 0 aliphatic carbocycles. The van der Waals surface area contributed by atoms with Crippen molar-refractivity contribution in [3.05, 3.63) is 29.8 Å². The fourth-order valence-electron chi connectivity index (χ4n) is 2.40. The molecule has 1 heterocycles. The van der Waals surface area contributed by atoms with Crippen LogP contribution in [0.1, 0.15) is 5.56 Å². The molecular weight excluding hydrogens is 283 g/mol. The first-order chi connectivity index (χ1) is 9.83. The Kier molecular flexibility index (Phi) is 4.72. The molecule has 0 aromatic heterocycles. The molecule has 0 bridgehead atoms. The van der Waals surface area contributed by atoms with E-state index in [0.717, 1.165) is 5.56 Å². The Morgan fingerprint density at radius 2 is 1.86 bits per heavy atom. The number of nitrogen functional groups attached to an aromatic ring is 1. The topological polar surface area (TPSA) is 49.6 Å². The summed E-state index contributed by atoms with van der Waals surface area (Å²) in [7, 11) is 0. The number of amides is 1. The molecule has 1 aromatic rings. The monoisotopic (exact) mass is 301 g/mol. The van der Waals surface area contributed by atoms with Crippen LogP contribution in [0.2, 0.25) is 0 Å². The van der Waals surface area contributed by atoms with Gasteiger partial charge in [0.05, 0.1) is 13.0 Å².